The molecule has 1 aliphatic rings. The Bertz CT molecular complexity index is 1290. The summed E-state index contributed by atoms with van der Waals surface area (Å²) in [4.78, 5) is 39.3. The van der Waals surface area contributed by atoms with Crippen molar-refractivity contribution in [2.24, 2.45) is 0 Å². The highest BCUT2D eigenvalue weighted by molar-refractivity contribution is 6.30. The van der Waals surface area contributed by atoms with E-state index in [0.717, 1.165) is 11.3 Å². The molecule has 7 nitrogen and oxygen atoms in total. The van der Waals surface area contributed by atoms with Crippen molar-refractivity contribution in [3.05, 3.63) is 92.2 Å². The number of imide groups is 1. The average Bonchev–Trinajstić information content (AvgIpc) is 3.20. The lowest BCUT2D eigenvalue weighted by atomic mass is 10.1. The number of aromatic amines is 1. The van der Waals surface area contributed by atoms with Crippen molar-refractivity contribution in [1.82, 2.24) is 20.0 Å². The second-order valence-corrected chi connectivity index (χ2v) is 7.82. The van der Waals surface area contributed by atoms with Crippen molar-refractivity contribution in [1.29, 1.82) is 0 Å². The zero-order chi connectivity index (χ0) is 22.8. The lowest BCUT2D eigenvalue weighted by molar-refractivity contribution is -0.123. The molecule has 9 heteroatoms. The van der Waals surface area contributed by atoms with Crippen LogP contribution in [0.5, 0.6) is 0 Å². The lowest BCUT2D eigenvalue weighted by Crippen LogP contribution is -2.30. The molecule has 0 spiro atoms. The van der Waals surface area contributed by atoms with E-state index in [1.165, 1.54) is 29.0 Å². The fourth-order valence-electron chi connectivity index (χ4n) is 3.56. The highest BCUT2D eigenvalue weighted by Gasteiger charge is 2.34. The van der Waals surface area contributed by atoms with Gasteiger partial charge in [0.2, 0.25) is 0 Å². The smallest absolute Gasteiger partial charge is 0.303 e. The monoisotopic (exact) mass is 454 g/mol. The predicted octanol–water partition coefficient (Wildman–Crippen LogP) is 4.00. The van der Waals surface area contributed by atoms with Crippen LogP contribution in [0, 0.1) is 5.82 Å². The van der Waals surface area contributed by atoms with E-state index >= 15 is 0 Å². The summed E-state index contributed by atoms with van der Waals surface area (Å²) in [7, 11) is 0. The second-order valence-electron chi connectivity index (χ2n) is 7.38. The predicted molar refractivity (Wildman–Crippen MR) is 119 cm³/mol. The van der Waals surface area contributed by atoms with Crippen LogP contribution < -0.4 is 10.9 Å². The molecule has 164 valence electrons. The van der Waals surface area contributed by atoms with E-state index < -0.39 is 17.8 Å². The van der Waals surface area contributed by atoms with Crippen LogP contribution in [0.3, 0.4) is 0 Å². The number of halogens is 2. The Morgan fingerprint density at radius 1 is 1.09 bits per heavy atom. The van der Waals surface area contributed by atoms with E-state index in [1.807, 2.05) is 6.92 Å². The Labute approximate surface area is 188 Å². The van der Waals surface area contributed by atoms with Crippen molar-refractivity contribution in [2.75, 3.05) is 0 Å². The molecular weight excluding hydrogens is 435 g/mol. The summed E-state index contributed by atoms with van der Waals surface area (Å²) in [5.74, 6) is -1.04. The largest absolute Gasteiger partial charge is 0.329 e. The molecule has 2 heterocycles. The van der Waals surface area contributed by atoms with E-state index in [-0.39, 0.29) is 23.4 Å². The first-order valence-electron chi connectivity index (χ1n) is 10.1. The van der Waals surface area contributed by atoms with E-state index in [4.69, 9.17) is 11.6 Å². The molecule has 1 saturated heterocycles. The molecule has 3 aromatic rings. The molecule has 0 unspecified atom stereocenters. The van der Waals surface area contributed by atoms with Crippen molar-refractivity contribution in [2.45, 2.75) is 26.3 Å². The molecule has 1 aliphatic heterocycles. The summed E-state index contributed by atoms with van der Waals surface area (Å²) in [6.07, 6.45) is 2.71. The Kier molecular flexibility index (Phi) is 5.96. The van der Waals surface area contributed by atoms with Crippen LogP contribution in [-0.4, -0.2) is 26.6 Å². The van der Waals surface area contributed by atoms with Crippen LogP contribution >= 0.6 is 11.6 Å². The Morgan fingerprint density at radius 3 is 2.59 bits per heavy atom. The quantitative estimate of drug-likeness (QED) is 0.436. The minimum absolute atomic E-state index is 0.0156. The molecular formula is C23H20ClFN4O3. The summed E-state index contributed by atoms with van der Waals surface area (Å²) in [6, 6.07) is 11.9. The van der Waals surface area contributed by atoms with Gasteiger partial charge in [-0.25, -0.2) is 13.9 Å². The van der Waals surface area contributed by atoms with Gasteiger partial charge in [-0.05, 0) is 48.4 Å². The van der Waals surface area contributed by atoms with Crippen molar-refractivity contribution >= 4 is 29.6 Å². The number of carbonyl (C=O) groups is 2. The molecule has 2 aromatic carbocycles. The Morgan fingerprint density at radius 2 is 1.88 bits per heavy atom. The topological polar surface area (TPSA) is 87.2 Å². The van der Waals surface area contributed by atoms with Crippen molar-refractivity contribution in [3.63, 3.8) is 0 Å². The third-order valence-electron chi connectivity index (χ3n) is 5.05. The van der Waals surface area contributed by atoms with Crippen LogP contribution in [0.1, 0.15) is 30.2 Å². The number of carbonyl (C=O) groups excluding carboxylic acids is 2. The number of aryl methyl sites for hydroxylation is 1. The minimum Gasteiger partial charge on any atom is -0.303 e. The van der Waals surface area contributed by atoms with Gasteiger partial charge in [0.1, 0.15) is 11.5 Å². The molecule has 0 aliphatic carbocycles. The Balaban J connectivity index is 1.69. The van der Waals surface area contributed by atoms with Crippen LogP contribution in [0.25, 0.3) is 11.8 Å². The molecule has 1 aromatic heterocycles. The second kappa shape index (κ2) is 8.84. The first-order valence-corrected chi connectivity index (χ1v) is 10.4. The molecule has 3 amide bonds. The summed E-state index contributed by atoms with van der Waals surface area (Å²) in [5.41, 5.74) is 1.57. The van der Waals surface area contributed by atoms with Crippen molar-refractivity contribution in [3.8, 4) is 5.69 Å². The van der Waals surface area contributed by atoms with Crippen LogP contribution in [0.4, 0.5) is 9.18 Å². The number of nitrogens with one attached hydrogen (secondary N) is 2. The van der Waals surface area contributed by atoms with Crippen LogP contribution in [0.2, 0.25) is 5.02 Å². The fraction of sp³-hybridized carbons (Fsp3) is 0.174. The van der Waals surface area contributed by atoms with E-state index in [0.29, 0.717) is 28.4 Å². The zero-order valence-electron chi connectivity index (χ0n) is 17.2. The molecule has 4 rings (SSSR count). The van der Waals surface area contributed by atoms with Gasteiger partial charge in [0.05, 0.1) is 17.8 Å². The SMILES string of the molecule is CCCc1[nH]n(-c2cccc(Cl)c2)c(=O)c1C=C1NC(=O)N(Cc2cccc(F)c2)C1=O. The van der Waals surface area contributed by atoms with Gasteiger partial charge in [-0.15, -0.1) is 0 Å². The normalized spacial score (nSPS) is 15.0. The van der Waals surface area contributed by atoms with Crippen LogP contribution in [-0.2, 0) is 17.8 Å². The third-order valence-corrected chi connectivity index (χ3v) is 5.29. The van der Waals surface area contributed by atoms with E-state index in [9.17, 15) is 18.8 Å². The number of urea groups is 1. The fourth-order valence-corrected chi connectivity index (χ4v) is 3.74. The third kappa shape index (κ3) is 4.22. The molecule has 32 heavy (non-hydrogen) atoms. The molecule has 0 saturated carbocycles. The van der Waals surface area contributed by atoms with Gasteiger partial charge in [0.15, 0.2) is 0 Å². The average molecular weight is 455 g/mol. The number of hydrogen-bond acceptors (Lipinski definition) is 3. The first kappa shape index (κ1) is 21.6. The maximum atomic E-state index is 13.5. The van der Waals surface area contributed by atoms with Gasteiger partial charge in [-0.1, -0.05) is 43.1 Å². The lowest BCUT2D eigenvalue weighted by Gasteiger charge is -2.11. The van der Waals surface area contributed by atoms with Gasteiger partial charge in [-0.3, -0.25) is 19.6 Å². The number of rotatable bonds is 6. The summed E-state index contributed by atoms with van der Waals surface area (Å²) in [5, 5.41) is 6.07. The zero-order valence-corrected chi connectivity index (χ0v) is 17.9. The minimum atomic E-state index is -0.631. The number of hydrogen-bond donors (Lipinski definition) is 2. The number of aromatic nitrogens is 2. The van der Waals surface area contributed by atoms with Gasteiger partial charge in [0.25, 0.3) is 11.5 Å². The van der Waals surface area contributed by atoms with E-state index in [1.54, 1.807) is 30.3 Å². The molecule has 0 radical (unpaired) electrons. The van der Waals surface area contributed by atoms with Crippen LogP contribution in [0.15, 0.2) is 59.0 Å². The molecule has 2 N–H and O–H groups in total. The van der Waals surface area contributed by atoms with Gasteiger partial charge in [-0.2, -0.15) is 0 Å². The number of nitrogens with zero attached hydrogens (tertiary/aromatic N) is 2. The summed E-state index contributed by atoms with van der Waals surface area (Å²) in [6.45, 7) is 1.89. The number of H-pyrrole nitrogens is 1. The molecule has 0 bridgehead atoms. The first-order chi connectivity index (χ1) is 15.4. The van der Waals surface area contributed by atoms with Crippen molar-refractivity contribution < 1.29 is 14.0 Å². The van der Waals surface area contributed by atoms with Gasteiger partial charge in [0, 0.05) is 10.7 Å². The summed E-state index contributed by atoms with van der Waals surface area (Å²) < 4.78 is 14.8. The maximum Gasteiger partial charge on any atom is 0.329 e. The maximum absolute atomic E-state index is 13.5. The molecule has 1 fully saturated rings. The standard InChI is InChI=1S/C23H20ClFN4O3/c1-2-5-19-18(21(30)29(27-19)17-9-4-7-15(24)11-17)12-20-22(31)28(23(32)26-20)13-14-6-3-8-16(25)10-14/h3-4,6-12,27H,2,5,13H2,1H3,(H,26,32). The molecule has 0 atom stereocenters. The Hall–Kier alpha value is -3.65. The number of benzene rings is 2. The summed E-state index contributed by atoms with van der Waals surface area (Å²) >= 11 is 6.06. The van der Waals surface area contributed by atoms with Gasteiger partial charge < -0.3 is 5.32 Å². The highest BCUT2D eigenvalue weighted by atomic mass is 35.5. The number of amides is 3. The van der Waals surface area contributed by atoms with E-state index in [2.05, 4.69) is 10.4 Å². The van der Waals surface area contributed by atoms with Gasteiger partial charge >= 0.3 is 6.03 Å². The highest BCUT2D eigenvalue weighted by Crippen LogP contribution is 2.20.